The fourth-order valence-corrected chi connectivity index (χ4v) is 2.48. The molecule has 0 bridgehead atoms. The maximum atomic E-state index is 12.3. The highest BCUT2D eigenvalue weighted by Gasteiger charge is 2.05. The van der Waals surface area contributed by atoms with Crippen LogP contribution in [0.25, 0.3) is 21.7 Å². The molecule has 1 aromatic heterocycles. The Bertz CT molecular complexity index is 808. The van der Waals surface area contributed by atoms with E-state index in [1.807, 2.05) is 43.3 Å². The highest BCUT2D eigenvalue weighted by Crippen LogP contribution is 2.19. The van der Waals surface area contributed by atoms with E-state index in [1.165, 1.54) is 4.57 Å². The summed E-state index contributed by atoms with van der Waals surface area (Å²) in [5.74, 6) is 0. The first-order chi connectivity index (χ1) is 8.70. The molecule has 3 aromatic rings. The SMILES string of the molecule is CCn1c([S-])nc2cc3ccccc3cc2c1=O. The molecule has 0 aliphatic heterocycles. The van der Waals surface area contributed by atoms with Gasteiger partial charge in [0.05, 0.1) is 10.9 Å². The Morgan fingerprint density at radius 2 is 1.89 bits per heavy atom. The molecule has 90 valence electrons. The first-order valence-corrected chi connectivity index (χ1v) is 6.22. The largest absolute Gasteiger partial charge is 0.742 e. The third-order valence-corrected chi connectivity index (χ3v) is 3.41. The van der Waals surface area contributed by atoms with Crippen molar-refractivity contribution in [1.29, 1.82) is 0 Å². The molecule has 0 fully saturated rings. The molecule has 3 nitrogen and oxygen atoms in total. The van der Waals surface area contributed by atoms with E-state index >= 15 is 0 Å². The quantitative estimate of drug-likeness (QED) is 0.380. The number of rotatable bonds is 1. The van der Waals surface area contributed by atoms with E-state index in [-0.39, 0.29) is 5.56 Å². The number of fused-ring (bicyclic) bond motifs is 2. The molecular formula is C14H11N2OS-. The summed E-state index contributed by atoms with van der Waals surface area (Å²) in [6.45, 7) is 2.44. The van der Waals surface area contributed by atoms with Crippen LogP contribution in [0.15, 0.2) is 46.3 Å². The van der Waals surface area contributed by atoms with Crippen molar-refractivity contribution >= 4 is 34.3 Å². The smallest absolute Gasteiger partial charge is 0.259 e. The van der Waals surface area contributed by atoms with Crippen molar-refractivity contribution in [2.24, 2.45) is 0 Å². The van der Waals surface area contributed by atoms with Crippen LogP contribution in [0.2, 0.25) is 0 Å². The Morgan fingerprint density at radius 1 is 1.22 bits per heavy atom. The molecule has 18 heavy (non-hydrogen) atoms. The first-order valence-electron chi connectivity index (χ1n) is 5.81. The van der Waals surface area contributed by atoms with Crippen molar-refractivity contribution in [2.75, 3.05) is 0 Å². The molecule has 0 saturated carbocycles. The maximum absolute atomic E-state index is 12.3. The highest BCUT2D eigenvalue weighted by atomic mass is 32.1. The molecule has 0 aliphatic rings. The molecule has 2 aromatic carbocycles. The van der Waals surface area contributed by atoms with Gasteiger partial charge in [0.25, 0.3) is 5.56 Å². The minimum Gasteiger partial charge on any atom is -0.742 e. The molecule has 3 rings (SSSR count). The number of benzene rings is 2. The van der Waals surface area contributed by atoms with Crippen LogP contribution in [0.4, 0.5) is 0 Å². The second-order valence-corrected chi connectivity index (χ2v) is 4.53. The highest BCUT2D eigenvalue weighted by molar-refractivity contribution is 7.58. The van der Waals surface area contributed by atoms with Crippen LogP contribution in [0.5, 0.6) is 0 Å². The van der Waals surface area contributed by atoms with Crippen molar-refractivity contribution in [1.82, 2.24) is 9.55 Å². The summed E-state index contributed by atoms with van der Waals surface area (Å²) in [6, 6.07) is 11.7. The average Bonchev–Trinajstić information content (AvgIpc) is 2.37. The van der Waals surface area contributed by atoms with Gasteiger partial charge in [-0.25, -0.2) is 0 Å². The third-order valence-electron chi connectivity index (χ3n) is 3.10. The van der Waals surface area contributed by atoms with Gasteiger partial charge < -0.3 is 17.2 Å². The fraction of sp³-hybridized carbons (Fsp3) is 0.143. The summed E-state index contributed by atoms with van der Waals surface area (Å²) in [5, 5.41) is 3.10. The average molecular weight is 255 g/mol. The Hall–Kier alpha value is -1.94. The predicted octanol–water partition coefficient (Wildman–Crippen LogP) is 2.48. The monoisotopic (exact) mass is 255 g/mol. The van der Waals surface area contributed by atoms with Gasteiger partial charge in [0.15, 0.2) is 0 Å². The maximum Gasteiger partial charge on any atom is 0.259 e. The van der Waals surface area contributed by atoms with Gasteiger partial charge in [-0.05, 0) is 35.0 Å². The van der Waals surface area contributed by atoms with E-state index in [0.29, 0.717) is 22.6 Å². The Kier molecular flexibility index (Phi) is 2.52. The van der Waals surface area contributed by atoms with Crippen LogP contribution in [0.1, 0.15) is 6.92 Å². The number of hydrogen-bond donors (Lipinski definition) is 0. The molecule has 0 spiro atoms. The summed E-state index contributed by atoms with van der Waals surface area (Å²) in [5.41, 5.74) is 0.617. The van der Waals surface area contributed by atoms with E-state index in [2.05, 4.69) is 4.98 Å². The van der Waals surface area contributed by atoms with Crippen LogP contribution >= 0.6 is 0 Å². The van der Waals surface area contributed by atoms with Gasteiger partial charge in [-0.2, -0.15) is 0 Å². The lowest BCUT2D eigenvalue weighted by Gasteiger charge is -2.15. The lowest BCUT2D eigenvalue weighted by molar-refractivity contribution is 0.636. The summed E-state index contributed by atoms with van der Waals surface area (Å²) < 4.78 is 1.52. The van der Waals surface area contributed by atoms with Crippen molar-refractivity contribution in [3.63, 3.8) is 0 Å². The standard InChI is InChI=1S/C14H12N2OS/c1-2-16-13(17)11-7-9-5-3-4-6-10(9)8-12(11)15-14(16)18/h3-8H,2H2,1H3,(H,15,18)/p-1. The topological polar surface area (TPSA) is 34.9 Å². The number of hydrogen-bond acceptors (Lipinski definition) is 3. The lowest BCUT2D eigenvalue weighted by Crippen LogP contribution is -2.22. The second kappa shape index (κ2) is 4.07. The minimum atomic E-state index is -0.0572. The summed E-state index contributed by atoms with van der Waals surface area (Å²) in [6.07, 6.45) is 0. The molecule has 0 radical (unpaired) electrons. The zero-order valence-corrected chi connectivity index (χ0v) is 10.7. The van der Waals surface area contributed by atoms with Gasteiger partial charge >= 0.3 is 0 Å². The molecule has 0 saturated heterocycles. The van der Waals surface area contributed by atoms with Crippen LogP contribution < -0.4 is 5.56 Å². The third kappa shape index (κ3) is 1.57. The second-order valence-electron chi connectivity index (χ2n) is 4.16. The van der Waals surface area contributed by atoms with Gasteiger partial charge in [0.1, 0.15) is 0 Å². The molecule has 0 N–H and O–H groups in total. The minimum absolute atomic E-state index is 0.0572. The summed E-state index contributed by atoms with van der Waals surface area (Å²) in [7, 11) is 0. The van der Waals surface area contributed by atoms with E-state index < -0.39 is 0 Å². The van der Waals surface area contributed by atoms with Gasteiger partial charge in [-0.3, -0.25) is 9.78 Å². The van der Waals surface area contributed by atoms with Gasteiger partial charge in [-0.1, -0.05) is 24.3 Å². The summed E-state index contributed by atoms with van der Waals surface area (Å²) in [4.78, 5) is 16.6. The van der Waals surface area contributed by atoms with Crippen molar-refractivity contribution in [3.8, 4) is 0 Å². The lowest BCUT2D eigenvalue weighted by atomic mass is 10.1. The van der Waals surface area contributed by atoms with Crippen LogP contribution in [0.3, 0.4) is 0 Å². The normalized spacial score (nSPS) is 11.2. The molecule has 0 unspecified atom stereocenters. The van der Waals surface area contributed by atoms with Crippen LogP contribution in [-0.2, 0) is 19.2 Å². The van der Waals surface area contributed by atoms with Gasteiger partial charge in [0, 0.05) is 6.54 Å². The predicted molar refractivity (Wildman–Crippen MR) is 74.8 cm³/mol. The molecule has 0 aliphatic carbocycles. The van der Waals surface area contributed by atoms with E-state index in [1.54, 1.807) is 0 Å². The van der Waals surface area contributed by atoms with Crippen molar-refractivity contribution in [2.45, 2.75) is 18.6 Å². The Balaban J connectivity index is 2.51. The summed E-state index contributed by atoms with van der Waals surface area (Å²) >= 11 is 5.14. The van der Waals surface area contributed by atoms with Crippen molar-refractivity contribution < 1.29 is 0 Å². The Labute approximate surface area is 109 Å². The molecule has 4 heteroatoms. The van der Waals surface area contributed by atoms with Crippen molar-refractivity contribution in [3.05, 3.63) is 46.8 Å². The van der Waals surface area contributed by atoms with Crippen LogP contribution in [-0.4, -0.2) is 9.55 Å². The molecule has 0 amide bonds. The Morgan fingerprint density at radius 3 is 2.56 bits per heavy atom. The first kappa shape index (κ1) is 11.2. The van der Waals surface area contributed by atoms with E-state index in [4.69, 9.17) is 12.6 Å². The van der Waals surface area contributed by atoms with Crippen LogP contribution in [0, 0.1) is 0 Å². The zero-order chi connectivity index (χ0) is 12.7. The van der Waals surface area contributed by atoms with E-state index in [9.17, 15) is 4.79 Å². The van der Waals surface area contributed by atoms with E-state index in [0.717, 1.165) is 10.8 Å². The van der Waals surface area contributed by atoms with Gasteiger partial charge in [-0.15, -0.1) is 0 Å². The molecule has 1 heterocycles. The molecule has 0 atom stereocenters. The number of aromatic nitrogens is 2. The molecular weight excluding hydrogens is 244 g/mol. The number of nitrogens with zero attached hydrogens (tertiary/aromatic N) is 2. The fourth-order valence-electron chi connectivity index (χ4n) is 2.17. The zero-order valence-electron chi connectivity index (χ0n) is 9.88. The van der Waals surface area contributed by atoms with Gasteiger partial charge in [0.2, 0.25) is 0 Å².